The van der Waals surface area contributed by atoms with E-state index < -0.39 is 5.91 Å². The normalized spacial score (nSPS) is 10.7. The predicted octanol–water partition coefficient (Wildman–Crippen LogP) is 2.48. The molecule has 0 aliphatic rings. The van der Waals surface area contributed by atoms with E-state index in [0.29, 0.717) is 12.4 Å². The van der Waals surface area contributed by atoms with Crippen LogP contribution in [0.4, 0.5) is 5.69 Å². The van der Waals surface area contributed by atoms with Crippen molar-refractivity contribution in [3.8, 4) is 6.07 Å². The number of aryl methyl sites for hydroxylation is 2. The Balaban J connectivity index is 2.74. The second-order valence-electron chi connectivity index (χ2n) is 4.06. The molecule has 0 aliphatic heterocycles. The fraction of sp³-hybridized carbons (Fsp3) is 0.286. The highest BCUT2D eigenvalue weighted by atomic mass is 35.5. The molecule has 1 aromatic rings. The topological polar surface area (TPSA) is 64.9 Å². The lowest BCUT2D eigenvalue weighted by Crippen LogP contribution is -2.26. The first-order valence-electron chi connectivity index (χ1n) is 5.86. The average Bonchev–Trinajstić information content (AvgIpc) is 2.41. The molecule has 0 aliphatic carbocycles. The molecule has 100 valence electrons. The molecular weight excluding hydrogens is 262 g/mol. The van der Waals surface area contributed by atoms with Crippen molar-refractivity contribution < 1.29 is 4.79 Å². The maximum Gasteiger partial charge on any atom is 0.263 e. The first-order valence-corrected chi connectivity index (χ1v) is 6.40. The van der Waals surface area contributed by atoms with E-state index in [1.807, 2.05) is 38.1 Å². The van der Waals surface area contributed by atoms with Gasteiger partial charge in [0.05, 0.1) is 0 Å². The van der Waals surface area contributed by atoms with Gasteiger partial charge in [0, 0.05) is 24.3 Å². The Bertz CT molecular complexity index is 532. The molecule has 0 heterocycles. The summed E-state index contributed by atoms with van der Waals surface area (Å²) in [5.41, 5.74) is 3.18. The number of rotatable bonds is 5. The van der Waals surface area contributed by atoms with Crippen LogP contribution in [-0.4, -0.2) is 18.3 Å². The molecular formula is C14H16ClN3O. The van der Waals surface area contributed by atoms with E-state index in [1.54, 1.807) is 0 Å². The predicted molar refractivity (Wildman–Crippen MR) is 77.0 cm³/mol. The lowest BCUT2D eigenvalue weighted by molar-refractivity contribution is -0.117. The Morgan fingerprint density at radius 3 is 2.74 bits per heavy atom. The van der Waals surface area contributed by atoms with Gasteiger partial charge >= 0.3 is 0 Å². The first-order chi connectivity index (χ1) is 9.08. The van der Waals surface area contributed by atoms with Crippen molar-refractivity contribution in [2.45, 2.75) is 13.8 Å². The van der Waals surface area contributed by atoms with Crippen molar-refractivity contribution in [1.29, 1.82) is 5.26 Å². The number of nitriles is 1. The lowest BCUT2D eigenvalue weighted by Gasteiger charge is -2.06. The van der Waals surface area contributed by atoms with Crippen LogP contribution in [0.1, 0.15) is 11.1 Å². The van der Waals surface area contributed by atoms with Crippen molar-refractivity contribution in [2.24, 2.45) is 0 Å². The molecule has 0 saturated heterocycles. The second-order valence-corrected chi connectivity index (χ2v) is 4.44. The number of nitrogens with zero attached hydrogens (tertiary/aromatic N) is 1. The minimum atomic E-state index is -0.431. The minimum Gasteiger partial charge on any atom is -0.360 e. The van der Waals surface area contributed by atoms with Crippen LogP contribution in [0.15, 0.2) is 30.0 Å². The van der Waals surface area contributed by atoms with E-state index in [1.165, 1.54) is 11.8 Å². The van der Waals surface area contributed by atoms with Crippen molar-refractivity contribution >= 4 is 23.2 Å². The van der Waals surface area contributed by atoms with Crippen LogP contribution in [0.3, 0.4) is 0 Å². The molecule has 0 spiro atoms. The van der Waals surface area contributed by atoms with E-state index in [-0.39, 0.29) is 5.57 Å². The highest BCUT2D eigenvalue weighted by Crippen LogP contribution is 2.14. The van der Waals surface area contributed by atoms with Gasteiger partial charge in [0.15, 0.2) is 0 Å². The summed E-state index contributed by atoms with van der Waals surface area (Å²) in [6, 6.07) is 7.68. The lowest BCUT2D eigenvalue weighted by atomic mass is 10.1. The Morgan fingerprint density at radius 1 is 1.42 bits per heavy atom. The van der Waals surface area contributed by atoms with E-state index in [4.69, 9.17) is 16.9 Å². The van der Waals surface area contributed by atoms with E-state index in [9.17, 15) is 4.79 Å². The molecule has 0 atom stereocenters. The Labute approximate surface area is 118 Å². The molecule has 2 N–H and O–H groups in total. The number of hydrogen-bond donors (Lipinski definition) is 2. The molecule has 1 amide bonds. The van der Waals surface area contributed by atoms with E-state index in [2.05, 4.69) is 10.6 Å². The standard InChI is InChI=1S/C14H16ClN3O/c1-10-3-4-13(7-11(10)2)18-9-12(8-16)14(19)17-6-5-15/h3-4,7,9,18H,5-6H2,1-2H3,(H,17,19)/b12-9-. The van der Waals surface area contributed by atoms with Gasteiger partial charge in [0.25, 0.3) is 5.91 Å². The number of alkyl halides is 1. The second kappa shape index (κ2) is 7.45. The van der Waals surface area contributed by atoms with Gasteiger partial charge in [-0.2, -0.15) is 5.26 Å². The smallest absolute Gasteiger partial charge is 0.263 e. The van der Waals surface area contributed by atoms with E-state index >= 15 is 0 Å². The number of amides is 1. The molecule has 5 heteroatoms. The van der Waals surface area contributed by atoms with Gasteiger partial charge < -0.3 is 10.6 Å². The zero-order chi connectivity index (χ0) is 14.3. The average molecular weight is 278 g/mol. The van der Waals surface area contributed by atoms with Gasteiger partial charge in [-0.1, -0.05) is 6.07 Å². The van der Waals surface area contributed by atoms with Gasteiger partial charge in [-0.3, -0.25) is 4.79 Å². The highest BCUT2D eigenvalue weighted by Gasteiger charge is 2.07. The van der Waals surface area contributed by atoms with E-state index in [0.717, 1.165) is 11.3 Å². The molecule has 4 nitrogen and oxygen atoms in total. The molecule has 1 aromatic carbocycles. The third kappa shape index (κ3) is 4.65. The molecule has 0 fully saturated rings. The first kappa shape index (κ1) is 15.1. The summed E-state index contributed by atoms with van der Waals surface area (Å²) in [4.78, 5) is 11.6. The zero-order valence-electron chi connectivity index (χ0n) is 11.0. The minimum absolute atomic E-state index is 0.0170. The molecule has 1 rings (SSSR count). The van der Waals surface area contributed by atoms with Crippen LogP contribution < -0.4 is 10.6 Å². The van der Waals surface area contributed by atoms with Crippen molar-refractivity contribution in [1.82, 2.24) is 5.32 Å². The summed E-state index contributed by atoms with van der Waals surface area (Å²) in [5, 5.41) is 14.4. The molecule has 0 aromatic heterocycles. The van der Waals surface area contributed by atoms with Crippen LogP contribution in [0.25, 0.3) is 0 Å². The number of hydrogen-bond acceptors (Lipinski definition) is 3. The SMILES string of the molecule is Cc1ccc(N/C=C(/C#N)C(=O)NCCCl)cc1C. The van der Waals surface area contributed by atoms with Gasteiger partial charge in [-0.05, 0) is 37.1 Å². The maximum absolute atomic E-state index is 11.6. The Morgan fingerprint density at radius 2 is 2.16 bits per heavy atom. The largest absolute Gasteiger partial charge is 0.360 e. The Hall–Kier alpha value is -1.99. The molecule has 0 saturated carbocycles. The number of carbonyl (C=O) groups excluding carboxylic acids is 1. The third-order valence-corrected chi connectivity index (χ3v) is 2.82. The monoisotopic (exact) mass is 277 g/mol. The van der Waals surface area contributed by atoms with Crippen molar-refractivity contribution in [3.63, 3.8) is 0 Å². The summed E-state index contributed by atoms with van der Waals surface area (Å²) >= 11 is 5.47. The highest BCUT2D eigenvalue weighted by molar-refractivity contribution is 6.18. The molecule has 0 radical (unpaired) electrons. The maximum atomic E-state index is 11.6. The number of anilines is 1. The van der Waals surface area contributed by atoms with Gasteiger partial charge in [-0.25, -0.2) is 0 Å². The van der Waals surface area contributed by atoms with Crippen molar-refractivity contribution in [2.75, 3.05) is 17.7 Å². The van der Waals surface area contributed by atoms with Gasteiger partial charge in [-0.15, -0.1) is 11.6 Å². The fourth-order valence-electron chi connectivity index (χ4n) is 1.39. The molecule has 0 bridgehead atoms. The third-order valence-electron chi connectivity index (χ3n) is 2.64. The number of carbonyl (C=O) groups is 1. The Kier molecular flexibility index (Phi) is 5.91. The quantitative estimate of drug-likeness (QED) is 0.494. The number of nitrogens with one attached hydrogen (secondary N) is 2. The van der Waals surface area contributed by atoms with Crippen LogP contribution in [-0.2, 0) is 4.79 Å². The molecule has 19 heavy (non-hydrogen) atoms. The summed E-state index contributed by atoms with van der Waals surface area (Å²) in [7, 11) is 0. The number of benzene rings is 1. The zero-order valence-corrected chi connectivity index (χ0v) is 11.7. The van der Waals surface area contributed by atoms with Crippen LogP contribution in [0.5, 0.6) is 0 Å². The summed E-state index contributed by atoms with van der Waals surface area (Å²) in [5.74, 6) is -0.117. The van der Waals surface area contributed by atoms with Gasteiger partial charge in [0.2, 0.25) is 0 Å². The fourth-order valence-corrected chi connectivity index (χ4v) is 1.49. The summed E-state index contributed by atoms with van der Waals surface area (Å²) in [6.45, 7) is 4.36. The summed E-state index contributed by atoms with van der Waals surface area (Å²) < 4.78 is 0. The van der Waals surface area contributed by atoms with Crippen LogP contribution >= 0.6 is 11.6 Å². The van der Waals surface area contributed by atoms with Crippen molar-refractivity contribution in [3.05, 3.63) is 41.1 Å². The summed E-state index contributed by atoms with van der Waals surface area (Å²) in [6.07, 6.45) is 1.40. The molecule has 0 unspecified atom stereocenters. The van der Waals surface area contributed by atoms with Crippen LogP contribution in [0, 0.1) is 25.2 Å². The van der Waals surface area contributed by atoms with Crippen LogP contribution in [0.2, 0.25) is 0 Å². The number of halogens is 1. The van der Waals surface area contributed by atoms with Gasteiger partial charge in [0.1, 0.15) is 11.6 Å².